The van der Waals surface area contributed by atoms with E-state index in [1.165, 1.54) is 0 Å². The largest absolute Gasteiger partial charge is 0.462 e. The van der Waals surface area contributed by atoms with Gasteiger partial charge in [-0.25, -0.2) is 9.18 Å². The molecular weight excluding hydrogens is 276 g/mol. The number of esters is 1. The van der Waals surface area contributed by atoms with Crippen molar-refractivity contribution in [1.29, 1.82) is 0 Å². The van der Waals surface area contributed by atoms with Crippen molar-refractivity contribution in [3.63, 3.8) is 0 Å². The van der Waals surface area contributed by atoms with Crippen LogP contribution in [0.5, 0.6) is 0 Å². The van der Waals surface area contributed by atoms with E-state index in [4.69, 9.17) is 4.74 Å². The zero-order valence-electron chi connectivity index (χ0n) is 11.3. The molecule has 1 unspecified atom stereocenters. The molecule has 0 saturated heterocycles. The molecule has 1 rings (SSSR count). The molecule has 0 aliphatic heterocycles. The molecule has 0 N–H and O–H groups in total. The van der Waals surface area contributed by atoms with Crippen molar-refractivity contribution in [3.05, 3.63) is 35.1 Å². The van der Waals surface area contributed by atoms with E-state index in [2.05, 4.69) is 0 Å². The minimum absolute atomic E-state index is 0.0579. The standard InChI is InChI=1S/C14H16F4O2/c1-3-4-9(2)8-20-13(19)11-7-10(14(16,17)18)5-6-12(11)15/h5-7,9H,3-4,8H2,1-2H3. The van der Waals surface area contributed by atoms with E-state index in [1.807, 2.05) is 13.8 Å². The van der Waals surface area contributed by atoms with Gasteiger partial charge in [0.15, 0.2) is 0 Å². The summed E-state index contributed by atoms with van der Waals surface area (Å²) in [6.07, 6.45) is -2.91. The quantitative estimate of drug-likeness (QED) is 0.592. The molecule has 2 nitrogen and oxygen atoms in total. The minimum atomic E-state index is -4.63. The van der Waals surface area contributed by atoms with Crippen LogP contribution in [-0.4, -0.2) is 12.6 Å². The minimum Gasteiger partial charge on any atom is -0.462 e. The van der Waals surface area contributed by atoms with Gasteiger partial charge in [0.1, 0.15) is 5.82 Å². The Morgan fingerprint density at radius 2 is 2.00 bits per heavy atom. The summed E-state index contributed by atoms with van der Waals surface area (Å²) < 4.78 is 55.8. The zero-order valence-corrected chi connectivity index (χ0v) is 11.3. The molecule has 1 aromatic rings. The van der Waals surface area contributed by atoms with E-state index in [0.717, 1.165) is 12.8 Å². The number of carbonyl (C=O) groups is 1. The number of carbonyl (C=O) groups excluding carboxylic acids is 1. The van der Waals surface area contributed by atoms with Crippen LogP contribution in [0.1, 0.15) is 42.6 Å². The van der Waals surface area contributed by atoms with Crippen LogP contribution in [0, 0.1) is 11.7 Å². The summed E-state index contributed by atoms with van der Waals surface area (Å²) >= 11 is 0. The van der Waals surface area contributed by atoms with Crippen LogP contribution in [0.3, 0.4) is 0 Å². The van der Waals surface area contributed by atoms with Crippen molar-refractivity contribution in [2.45, 2.75) is 32.9 Å². The summed E-state index contributed by atoms with van der Waals surface area (Å²) in [5.74, 6) is -2.01. The average molecular weight is 292 g/mol. The number of ether oxygens (including phenoxy) is 1. The van der Waals surface area contributed by atoms with Crippen LogP contribution in [0.25, 0.3) is 0 Å². The number of hydrogen-bond donors (Lipinski definition) is 0. The molecular formula is C14H16F4O2. The fourth-order valence-corrected chi connectivity index (χ4v) is 1.73. The van der Waals surface area contributed by atoms with E-state index >= 15 is 0 Å². The first-order valence-electron chi connectivity index (χ1n) is 6.29. The third-order valence-corrected chi connectivity index (χ3v) is 2.79. The van der Waals surface area contributed by atoms with Crippen molar-refractivity contribution in [2.24, 2.45) is 5.92 Å². The monoisotopic (exact) mass is 292 g/mol. The fraction of sp³-hybridized carbons (Fsp3) is 0.500. The molecule has 112 valence electrons. The highest BCUT2D eigenvalue weighted by molar-refractivity contribution is 5.90. The summed E-state index contributed by atoms with van der Waals surface area (Å²) in [7, 11) is 0. The maximum Gasteiger partial charge on any atom is 0.416 e. The van der Waals surface area contributed by atoms with Gasteiger partial charge in [-0.3, -0.25) is 0 Å². The Kier molecular flexibility index (Phi) is 5.53. The molecule has 0 bridgehead atoms. The molecule has 1 atom stereocenters. The zero-order chi connectivity index (χ0) is 15.3. The number of alkyl halides is 3. The lowest BCUT2D eigenvalue weighted by Gasteiger charge is -2.12. The number of hydrogen-bond acceptors (Lipinski definition) is 2. The summed E-state index contributed by atoms with van der Waals surface area (Å²) in [6.45, 7) is 3.87. The Morgan fingerprint density at radius 1 is 1.35 bits per heavy atom. The van der Waals surface area contributed by atoms with Crippen LogP contribution in [0.4, 0.5) is 17.6 Å². The molecule has 0 spiro atoms. The first kappa shape index (κ1) is 16.5. The van der Waals surface area contributed by atoms with Crippen LogP contribution < -0.4 is 0 Å². The molecule has 0 heterocycles. The molecule has 1 aromatic carbocycles. The van der Waals surface area contributed by atoms with E-state index in [9.17, 15) is 22.4 Å². The van der Waals surface area contributed by atoms with Crippen molar-refractivity contribution in [3.8, 4) is 0 Å². The molecule has 20 heavy (non-hydrogen) atoms. The van der Waals surface area contributed by atoms with Gasteiger partial charge in [-0.1, -0.05) is 20.3 Å². The molecule has 0 aliphatic rings. The van der Waals surface area contributed by atoms with Crippen molar-refractivity contribution in [1.82, 2.24) is 0 Å². The summed E-state index contributed by atoms with van der Waals surface area (Å²) in [6, 6.07) is 1.68. The second-order valence-electron chi connectivity index (χ2n) is 4.68. The molecule has 0 aliphatic carbocycles. The molecule has 0 amide bonds. The fourth-order valence-electron chi connectivity index (χ4n) is 1.73. The Balaban J connectivity index is 2.82. The van der Waals surface area contributed by atoms with Crippen LogP contribution in [-0.2, 0) is 10.9 Å². The summed E-state index contributed by atoms with van der Waals surface area (Å²) in [5.41, 5.74) is -1.77. The lowest BCUT2D eigenvalue weighted by molar-refractivity contribution is -0.137. The Bertz CT molecular complexity index is 469. The molecule has 0 fully saturated rings. The predicted octanol–water partition coefficient (Wildman–Crippen LogP) is 4.44. The maximum absolute atomic E-state index is 13.4. The second kappa shape index (κ2) is 6.72. The summed E-state index contributed by atoms with van der Waals surface area (Å²) in [4.78, 5) is 11.6. The molecule has 0 aromatic heterocycles. The van der Waals surface area contributed by atoms with Gasteiger partial charge in [-0.2, -0.15) is 13.2 Å². The van der Waals surface area contributed by atoms with Crippen molar-refractivity contribution < 1.29 is 27.1 Å². The molecule has 0 saturated carbocycles. The maximum atomic E-state index is 13.4. The highest BCUT2D eigenvalue weighted by Gasteiger charge is 2.32. The highest BCUT2D eigenvalue weighted by Crippen LogP contribution is 2.30. The average Bonchev–Trinajstić information content (AvgIpc) is 2.35. The van der Waals surface area contributed by atoms with Crippen molar-refractivity contribution in [2.75, 3.05) is 6.61 Å². The normalized spacial score (nSPS) is 13.1. The Hall–Kier alpha value is -1.59. The number of rotatable bonds is 5. The second-order valence-corrected chi connectivity index (χ2v) is 4.68. The van der Waals surface area contributed by atoms with E-state index < -0.39 is 29.1 Å². The number of halogens is 4. The van der Waals surface area contributed by atoms with Gasteiger partial charge in [-0.15, -0.1) is 0 Å². The Labute approximate surface area is 114 Å². The van der Waals surface area contributed by atoms with Gasteiger partial charge in [0.2, 0.25) is 0 Å². The van der Waals surface area contributed by atoms with Crippen molar-refractivity contribution >= 4 is 5.97 Å². The molecule has 6 heteroatoms. The Morgan fingerprint density at radius 3 is 2.55 bits per heavy atom. The van der Waals surface area contributed by atoms with Gasteiger partial charge in [-0.05, 0) is 30.5 Å². The van der Waals surface area contributed by atoms with E-state index in [1.54, 1.807) is 0 Å². The SMILES string of the molecule is CCCC(C)COC(=O)c1cc(C(F)(F)F)ccc1F. The van der Waals surface area contributed by atoms with Gasteiger partial charge in [0.05, 0.1) is 17.7 Å². The topological polar surface area (TPSA) is 26.3 Å². The first-order valence-corrected chi connectivity index (χ1v) is 6.29. The third kappa shape index (κ3) is 4.51. The lowest BCUT2D eigenvalue weighted by atomic mass is 10.1. The lowest BCUT2D eigenvalue weighted by Crippen LogP contribution is -2.15. The predicted molar refractivity (Wildman–Crippen MR) is 65.8 cm³/mol. The van der Waals surface area contributed by atoms with E-state index in [-0.39, 0.29) is 12.5 Å². The summed E-state index contributed by atoms with van der Waals surface area (Å²) in [5, 5.41) is 0. The third-order valence-electron chi connectivity index (χ3n) is 2.79. The first-order chi connectivity index (χ1) is 9.25. The van der Waals surface area contributed by atoms with Crippen LogP contribution >= 0.6 is 0 Å². The molecule has 0 radical (unpaired) electrons. The van der Waals surface area contributed by atoms with Crippen LogP contribution in [0.15, 0.2) is 18.2 Å². The highest BCUT2D eigenvalue weighted by atomic mass is 19.4. The van der Waals surface area contributed by atoms with Crippen LogP contribution in [0.2, 0.25) is 0 Å². The van der Waals surface area contributed by atoms with Gasteiger partial charge in [0, 0.05) is 0 Å². The smallest absolute Gasteiger partial charge is 0.416 e. The van der Waals surface area contributed by atoms with Gasteiger partial charge < -0.3 is 4.74 Å². The number of benzene rings is 1. The van der Waals surface area contributed by atoms with Gasteiger partial charge in [0.25, 0.3) is 0 Å². The van der Waals surface area contributed by atoms with Gasteiger partial charge >= 0.3 is 12.1 Å². The van der Waals surface area contributed by atoms with E-state index in [0.29, 0.717) is 18.2 Å².